The van der Waals surface area contributed by atoms with Gasteiger partial charge >= 0.3 is 5.84 Å². The van der Waals surface area contributed by atoms with E-state index in [9.17, 15) is 10.1 Å². The Morgan fingerprint density at radius 3 is 2.65 bits per heavy atom. The first-order chi connectivity index (χ1) is 8.17. The summed E-state index contributed by atoms with van der Waals surface area (Å²) in [7, 11) is 1.53. The smallest absolute Gasteiger partial charge is 0.409 e. The minimum atomic E-state index is -0.782. The molecular formula is C9H10N4O4. The minimum Gasteiger partial charge on any atom is -0.497 e. The summed E-state index contributed by atoms with van der Waals surface area (Å²) < 4.78 is 4.95. The fourth-order valence-corrected chi connectivity index (χ4v) is 0.956. The van der Waals surface area contributed by atoms with Crippen molar-refractivity contribution in [1.82, 2.24) is 0 Å². The Morgan fingerprint density at radius 1 is 1.53 bits per heavy atom. The number of oxime groups is 1. The van der Waals surface area contributed by atoms with Crippen LogP contribution in [0.4, 0.5) is 5.69 Å². The second kappa shape index (κ2) is 6.05. The lowest BCUT2D eigenvalue weighted by molar-refractivity contribution is -0.345. The predicted molar refractivity (Wildman–Crippen MR) is 61.3 cm³/mol. The first-order valence-corrected chi connectivity index (χ1v) is 4.47. The molecule has 0 aliphatic heterocycles. The molecule has 0 saturated carbocycles. The number of hydrogen-bond acceptors (Lipinski definition) is 7. The molecule has 17 heavy (non-hydrogen) atoms. The maximum absolute atomic E-state index is 10.4. The van der Waals surface area contributed by atoms with E-state index in [0.29, 0.717) is 17.7 Å². The van der Waals surface area contributed by atoms with E-state index in [4.69, 9.17) is 9.94 Å². The van der Waals surface area contributed by atoms with Gasteiger partial charge in [0, 0.05) is 0 Å². The molecule has 0 radical (unpaired) electrons. The third-order valence-electron chi connectivity index (χ3n) is 1.75. The van der Waals surface area contributed by atoms with E-state index in [2.05, 4.69) is 15.7 Å². The van der Waals surface area contributed by atoms with Gasteiger partial charge in [-0.1, -0.05) is 5.16 Å². The van der Waals surface area contributed by atoms with Gasteiger partial charge in [0.1, 0.15) is 5.75 Å². The van der Waals surface area contributed by atoms with Crippen molar-refractivity contribution in [3.05, 3.63) is 34.4 Å². The first kappa shape index (κ1) is 12.4. The summed E-state index contributed by atoms with van der Waals surface area (Å²) in [5, 5.41) is 24.6. The Hall–Kier alpha value is -2.64. The number of anilines is 1. The zero-order chi connectivity index (χ0) is 12.7. The van der Waals surface area contributed by atoms with Crippen LogP contribution in [-0.2, 0) is 0 Å². The number of nitrogens with one attached hydrogen (secondary N) is 1. The second-order valence-electron chi connectivity index (χ2n) is 2.81. The van der Waals surface area contributed by atoms with E-state index >= 15 is 0 Å². The van der Waals surface area contributed by atoms with Gasteiger partial charge in [0.05, 0.1) is 17.9 Å². The zero-order valence-electron chi connectivity index (χ0n) is 8.90. The quantitative estimate of drug-likeness (QED) is 0.269. The van der Waals surface area contributed by atoms with E-state index in [1.165, 1.54) is 7.11 Å². The third-order valence-corrected chi connectivity index (χ3v) is 1.75. The normalized spacial score (nSPS) is 11.5. The largest absolute Gasteiger partial charge is 0.497 e. The van der Waals surface area contributed by atoms with Gasteiger partial charge in [-0.3, -0.25) is 0 Å². The number of amidine groups is 1. The third kappa shape index (κ3) is 3.78. The van der Waals surface area contributed by atoms with Crippen molar-refractivity contribution in [1.29, 1.82) is 0 Å². The van der Waals surface area contributed by atoms with Gasteiger partial charge in [-0.25, -0.2) is 0 Å². The van der Waals surface area contributed by atoms with Crippen molar-refractivity contribution in [3.63, 3.8) is 0 Å². The highest BCUT2D eigenvalue weighted by molar-refractivity contribution is 6.25. The standard InChI is InChI=1S/C9H10N4O4/c1-17-8-4-2-7(3-5-8)11-12-9(6-10-14)13(15)16/h2-6,11,14H,1H3/b10-6+,12-9+. The fourth-order valence-electron chi connectivity index (χ4n) is 0.956. The molecule has 0 aliphatic rings. The molecule has 0 aliphatic carbocycles. The summed E-state index contributed by atoms with van der Waals surface area (Å²) in [5.74, 6) is 0.0502. The van der Waals surface area contributed by atoms with Crippen LogP contribution >= 0.6 is 0 Å². The van der Waals surface area contributed by atoms with Crippen LogP contribution in [0.2, 0.25) is 0 Å². The molecule has 0 saturated heterocycles. The highest BCUT2D eigenvalue weighted by Gasteiger charge is 2.09. The van der Waals surface area contributed by atoms with Gasteiger partial charge in [0.25, 0.3) is 0 Å². The maximum Gasteiger partial charge on any atom is 0.409 e. The molecule has 0 aromatic heterocycles. The van der Waals surface area contributed by atoms with Crippen LogP contribution < -0.4 is 10.2 Å². The number of nitrogens with zero attached hydrogens (tertiary/aromatic N) is 3. The lowest BCUT2D eigenvalue weighted by Gasteiger charge is -1.99. The molecule has 0 spiro atoms. The number of hydrogen-bond donors (Lipinski definition) is 2. The maximum atomic E-state index is 10.4. The molecule has 90 valence electrons. The molecule has 0 fully saturated rings. The Labute approximate surface area is 96.4 Å². The molecule has 0 amide bonds. The van der Waals surface area contributed by atoms with Crippen LogP contribution in [0.1, 0.15) is 0 Å². The molecule has 0 unspecified atom stereocenters. The average Bonchev–Trinajstić information content (AvgIpc) is 2.34. The van der Waals surface area contributed by atoms with Crippen molar-refractivity contribution in [3.8, 4) is 5.75 Å². The lowest BCUT2D eigenvalue weighted by atomic mass is 10.3. The summed E-state index contributed by atoms with van der Waals surface area (Å²) in [4.78, 5) is 9.64. The van der Waals surface area contributed by atoms with Gasteiger partial charge in [-0.15, -0.1) is 0 Å². The van der Waals surface area contributed by atoms with Gasteiger partial charge in [-0.05, 0) is 29.2 Å². The Morgan fingerprint density at radius 2 is 2.18 bits per heavy atom. The summed E-state index contributed by atoms with van der Waals surface area (Å²) in [6.45, 7) is 0. The molecular weight excluding hydrogens is 228 g/mol. The fraction of sp³-hybridized carbons (Fsp3) is 0.111. The van der Waals surface area contributed by atoms with E-state index in [1.54, 1.807) is 24.3 Å². The molecule has 2 N–H and O–H groups in total. The van der Waals surface area contributed by atoms with Crippen LogP contribution in [0.25, 0.3) is 0 Å². The van der Waals surface area contributed by atoms with Crippen LogP contribution in [-0.4, -0.2) is 29.3 Å². The zero-order valence-corrected chi connectivity index (χ0v) is 8.90. The van der Waals surface area contributed by atoms with E-state index in [-0.39, 0.29) is 0 Å². The molecule has 8 nitrogen and oxygen atoms in total. The van der Waals surface area contributed by atoms with Gasteiger partial charge in [0.15, 0.2) is 6.21 Å². The average molecular weight is 238 g/mol. The minimum absolute atomic E-state index is 0.538. The molecule has 0 heterocycles. The second-order valence-corrected chi connectivity index (χ2v) is 2.81. The van der Waals surface area contributed by atoms with E-state index in [1.807, 2.05) is 0 Å². The first-order valence-electron chi connectivity index (χ1n) is 4.47. The summed E-state index contributed by atoms with van der Waals surface area (Å²) >= 11 is 0. The number of rotatable bonds is 4. The number of ether oxygens (including phenoxy) is 1. The van der Waals surface area contributed by atoms with Gasteiger partial charge in [0.2, 0.25) is 0 Å². The van der Waals surface area contributed by atoms with Gasteiger partial charge in [-0.2, -0.15) is 5.43 Å². The number of hydrazone groups is 1. The predicted octanol–water partition coefficient (Wildman–Crippen LogP) is 1.16. The van der Waals surface area contributed by atoms with Crippen molar-refractivity contribution >= 4 is 17.7 Å². The Balaban J connectivity index is 2.76. The molecule has 0 bridgehead atoms. The highest BCUT2D eigenvalue weighted by Crippen LogP contribution is 2.14. The molecule has 8 heteroatoms. The highest BCUT2D eigenvalue weighted by atomic mass is 16.6. The molecule has 1 rings (SSSR count). The Kier molecular flexibility index (Phi) is 4.43. The van der Waals surface area contributed by atoms with Crippen molar-refractivity contribution in [2.45, 2.75) is 0 Å². The SMILES string of the molecule is COc1ccc(N/N=C(\C=N\O)[N+](=O)[O-])cc1. The Bertz CT molecular complexity index is 441. The summed E-state index contributed by atoms with van der Waals surface area (Å²) in [6.07, 6.45) is 0.622. The van der Waals surface area contributed by atoms with Crippen LogP contribution in [0.3, 0.4) is 0 Å². The number of nitro groups is 1. The molecule has 1 aromatic carbocycles. The number of benzene rings is 1. The summed E-state index contributed by atoms with van der Waals surface area (Å²) in [6, 6.07) is 6.61. The van der Waals surface area contributed by atoms with Crippen molar-refractivity contribution in [2.75, 3.05) is 12.5 Å². The molecule has 0 atom stereocenters. The molecule has 1 aromatic rings. The van der Waals surface area contributed by atoms with E-state index in [0.717, 1.165) is 0 Å². The summed E-state index contributed by atoms with van der Waals surface area (Å²) in [5.41, 5.74) is 2.99. The lowest BCUT2D eigenvalue weighted by Crippen LogP contribution is -2.15. The monoisotopic (exact) mass is 238 g/mol. The van der Waals surface area contributed by atoms with E-state index < -0.39 is 10.8 Å². The van der Waals surface area contributed by atoms with Crippen molar-refractivity contribution in [2.24, 2.45) is 10.3 Å². The van der Waals surface area contributed by atoms with Crippen LogP contribution in [0, 0.1) is 10.1 Å². The van der Waals surface area contributed by atoms with Gasteiger partial charge < -0.3 is 20.1 Å². The van der Waals surface area contributed by atoms with Crippen LogP contribution in [0.5, 0.6) is 5.75 Å². The van der Waals surface area contributed by atoms with Crippen LogP contribution in [0.15, 0.2) is 34.5 Å². The topological polar surface area (TPSA) is 109 Å². The number of methoxy groups -OCH3 is 1. The van der Waals surface area contributed by atoms with Crippen molar-refractivity contribution < 1.29 is 14.9 Å².